The van der Waals surface area contributed by atoms with Crippen LogP contribution in [0.3, 0.4) is 0 Å². The molecule has 1 aromatic carbocycles. The van der Waals surface area contributed by atoms with Gasteiger partial charge < -0.3 is 10.2 Å². The van der Waals surface area contributed by atoms with Crippen molar-refractivity contribution in [3.05, 3.63) is 47.2 Å². The van der Waals surface area contributed by atoms with E-state index in [4.69, 9.17) is 11.6 Å². The molecule has 114 valence electrons. The summed E-state index contributed by atoms with van der Waals surface area (Å²) in [4.78, 5) is 22.0. The number of carbonyl (C=O) groups excluding carboxylic acids is 1. The molecule has 1 aromatic heterocycles. The molecule has 22 heavy (non-hydrogen) atoms. The predicted molar refractivity (Wildman–Crippen MR) is 85.5 cm³/mol. The van der Waals surface area contributed by atoms with E-state index in [1.807, 2.05) is 23.1 Å². The second-order valence-electron chi connectivity index (χ2n) is 5.32. The fraction of sp³-hybridized carbons (Fsp3) is 0.312. The number of rotatable bonds is 2. The van der Waals surface area contributed by atoms with E-state index in [2.05, 4.69) is 15.3 Å². The van der Waals surface area contributed by atoms with Crippen molar-refractivity contribution < 1.29 is 4.79 Å². The van der Waals surface area contributed by atoms with Gasteiger partial charge >= 0.3 is 0 Å². The molecular formula is C16H17ClN4O. The van der Waals surface area contributed by atoms with Crippen molar-refractivity contribution in [2.24, 2.45) is 0 Å². The van der Waals surface area contributed by atoms with Gasteiger partial charge in [-0.15, -0.1) is 0 Å². The molecule has 0 radical (unpaired) electrons. The number of benzene rings is 1. The first-order valence-corrected chi connectivity index (χ1v) is 7.58. The summed E-state index contributed by atoms with van der Waals surface area (Å²) in [6.07, 6.45) is 3.42. The smallest absolute Gasteiger partial charge is 0.219 e. The number of amides is 1. The highest BCUT2D eigenvalue weighted by Gasteiger charge is 2.23. The van der Waals surface area contributed by atoms with E-state index in [0.717, 1.165) is 24.2 Å². The van der Waals surface area contributed by atoms with Crippen LogP contribution in [0.25, 0.3) is 11.4 Å². The van der Waals surface area contributed by atoms with E-state index >= 15 is 0 Å². The van der Waals surface area contributed by atoms with Crippen LogP contribution in [-0.4, -0.2) is 40.4 Å². The maximum Gasteiger partial charge on any atom is 0.219 e. The fourth-order valence-electron chi connectivity index (χ4n) is 2.65. The minimum Gasteiger partial charge on any atom is -0.340 e. The van der Waals surface area contributed by atoms with E-state index in [1.165, 1.54) is 0 Å². The zero-order valence-electron chi connectivity index (χ0n) is 12.3. The third-order valence-corrected chi connectivity index (χ3v) is 3.99. The van der Waals surface area contributed by atoms with Crippen LogP contribution in [0.4, 0.5) is 0 Å². The van der Waals surface area contributed by atoms with Gasteiger partial charge in [-0.3, -0.25) is 4.79 Å². The average Bonchev–Trinajstić information content (AvgIpc) is 2.55. The number of aromatic nitrogens is 2. The first-order chi connectivity index (χ1) is 10.6. The number of hydrogen-bond donors (Lipinski definition) is 1. The molecule has 0 saturated carbocycles. The van der Waals surface area contributed by atoms with Crippen molar-refractivity contribution in [3.63, 3.8) is 0 Å². The largest absolute Gasteiger partial charge is 0.340 e. The molecule has 1 aliphatic rings. The summed E-state index contributed by atoms with van der Waals surface area (Å²) in [6, 6.07) is 7.66. The first-order valence-electron chi connectivity index (χ1n) is 7.20. The number of piperazine rings is 1. The summed E-state index contributed by atoms with van der Waals surface area (Å²) >= 11 is 6.25. The Kier molecular flexibility index (Phi) is 4.36. The Hall–Kier alpha value is -1.98. The van der Waals surface area contributed by atoms with Gasteiger partial charge in [-0.2, -0.15) is 0 Å². The van der Waals surface area contributed by atoms with Gasteiger partial charge in [0.1, 0.15) is 0 Å². The molecule has 1 aliphatic heterocycles. The summed E-state index contributed by atoms with van der Waals surface area (Å²) < 4.78 is 0. The number of carbonyl (C=O) groups is 1. The summed E-state index contributed by atoms with van der Waals surface area (Å²) in [5, 5.41) is 4.07. The van der Waals surface area contributed by atoms with Gasteiger partial charge in [0.15, 0.2) is 5.82 Å². The Morgan fingerprint density at radius 3 is 2.82 bits per heavy atom. The highest BCUT2D eigenvalue weighted by atomic mass is 35.5. The molecule has 1 fully saturated rings. The monoisotopic (exact) mass is 316 g/mol. The molecule has 1 N–H and O–H groups in total. The molecule has 1 amide bonds. The quantitative estimate of drug-likeness (QED) is 0.923. The summed E-state index contributed by atoms with van der Waals surface area (Å²) in [7, 11) is 0. The van der Waals surface area contributed by atoms with E-state index in [1.54, 1.807) is 25.4 Å². The number of hydrogen-bond acceptors (Lipinski definition) is 4. The first kappa shape index (κ1) is 14.9. The minimum atomic E-state index is 0.0683. The molecule has 2 aromatic rings. The van der Waals surface area contributed by atoms with Gasteiger partial charge in [-0.25, -0.2) is 9.97 Å². The number of nitrogens with zero attached hydrogens (tertiary/aromatic N) is 3. The van der Waals surface area contributed by atoms with E-state index < -0.39 is 0 Å². The Balaban J connectivity index is 1.91. The van der Waals surface area contributed by atoms with Crippen molar-refractivity contribution in [1.82, 2.24) is 20.2 Å². The molecule has 5 nitrogen and oxygen atoms in total. The number of nitrogens with one attached hydrogen (secondary N) is 1. The standard InChI is InChI=1S/C16H17ClN4O/c1-11(22)21-6-5-18-15(10-21)12-7-13(9-14(17)8-12)16-19-3-2-4-20-16/h2-4,7-9,15,18H,5-6,10H2,1H3/t15-/m0/s1. The van der Waals surface area contributed by atoms with Crippen LogP contribution in [0.5, 0.6) is 0 Å². The molecule has 0 unspecified atom stereocenters. The minimum absolute atomic E-state index is 0.0683. The van der Waals surface area contributed by atoms with Crippen molar-refractivity contribution in [2.45, 2.75) is 13.0 Å². The van der Waals surface area contributed by atoms with Gasteiger partial charge in [0.25, 0.3) is 0 Å². The van der Waals surface area contributed by atoms with E-state index in [9.17, 15) is 4.79 Å². The molecule has 3 rings (SSSR count). The fourth-order valence-corrected chi connectivity index (χ4v) is 2.89. The topological polar surface area (TPSA) is 58.1 Å². The Morgan fingerprint density at radius 2 is 2.09 bits per heavy atom. The van der Waals surface area contributed by atoms with Crippen LogP contribution in [-0.2, 0) is 4.79 Å². The molecule has 0 aliphatic carbocycles. The lowest BCUT2D eigenvalue weighted by atomic mass is 10.0. The lowest BCUT2D eigenvalue weighted by molar-refractivity contribution is -0.130. The lowest BCUT2D eigenvalue weighted by Crippen LogP contribution is -2.47. The molecule has 1 atom stereocenters. The van der Waals surface area contributed by atoms with Crippen LogP contribution >= 0.6 is 11.6 Å². The third kappa shape index (κ3) is 3.26. The zero-order chi connectivity index (χ0) is 15.5. The Labute approximate surface area is 134 Å². The highest BCUT2D eigenvalue weighted by Crippen LogP contribution is 2.27. The maximum atomic E-state index is 11.6. The van der Waals surface area contributed by atoms with Crippen molar-refractivity contribution in [1.29, 1.82) is 0 Å². The zero-order valence-corrected chi connectivity index (χ0v) is 13.0. The second kappa shape index (κ2) is 6.42. The summed E-state index contributed by atoms with van der Waals surface area (Å²) in [5.74, 6) is 0.741. The molecule has 0 spiro atoms. The van der Waals surface area contributed by atoms with Crippen LogP contribution in [0.2, 0.25) is 5.02 Å². The van der Waals surface area contributed by atoms with Crippen LogP contribution in [0.1, 0.15) is 18.5 Å². The highest BCUT2D eigenvalue weighted by molar-refractivity contribution is 6.30. The van der Waals surface area contributed by atoms with Gasteiger partial charge in [-0.05, 0) is 29.8 Å². The predicted octanol–water partition coefficient (Wildman–Crippen LogP) is 2.29. The van der Waals surface area contributed by atoms with Gasteiger partial charge in [-0.1, -0.05) is 11.6 Å². The van der Waals surface area contributed by atoms with Crippen LogP contribution in [0.15, 0.2) is 36.7 Å². The normalized spacial score (nSPS) is 18.3. The van der Waals surface area contributed by atoms with Gasteiger partial charge in [0, 0.05) is 49.5 Å². The number of halogens is 1. The van der Waals surface area contributed by atoms with Crippen molar-refractivity contribution in [2.75, 3.05) is 19.6 Å². The Morgan fingerprint density at radius 1 is 1.32 bits per heavy atom. The summed E-state index contributed by atoms with van der Waals surface area (Å²) in [5.41, 5.74) is 1.92. The third-order valence-electron chi connectivity index (χ3n) is 3.77. The van der Waals surface area contributed by atoms with E-state index in [0.29, 0.717) is 17.4 Å². The molecule has 2 heterocycles. The summed E-state index contributed by atoms with van der Waals surface area (Å²) in [6.45, 7) is 3.75. The molecule has 6 heteroatoms. The molecular weight excluding hydrogens is 300 g/mol. The molecule has 1 saturated heterocycles. The second-order valence-corrected chi connectivity index (χ2v) is 5.75. The van der Waals surface area contributed by atoms with Gasteiger partial charge in [0.05, 0.1) is 6.04 Å². The van der Waals surface area contributed by atoms with Crippen molar-refractivity contribution >= 4 is 17.5 Å². The van der Waals surface area contributed by atoms with Gasteiger partial charge in [0.2, 0.25) is 5.91 Å². The lowest BCUT2D eigenvalue weighted by Gasteiger charge is -2.33. The SMILES string of the molecule is CC(=O)N1CCN[C@H](c2cc(Cl)cc(-c3ncccn3)c2)C1. The van der Waals surface area contributed by atoms with Crippen LogP contribution in [0, 0.1) is 0 Å². The Bertz CT molecular complexity index is 677. The molecule has 0 bridgehead atoms. The van der Waals surface area contributed by atoms with Crippen molar-refractivity contribution in [3.8, 4) is 11.4 Å². The maximum absolute atomic E-state index is 11.6. The average molecular weight is 317 g/mol. The van der Waals surface area contributed by atoms with E-state index in [-0.39, 0.29) is 11.9 Å². The van der Waals surface area contributed by atoms with Crippen LogP contribution < -0.4 is 5.32 Å².